The van der Waals surface area contributed by atoms with E-state index < -0.39 is 0 Å². The third kappa shape index (κ3) is 4.28. The number of hydrogen-bond donors (Lipinski definition) is 0. The summed E-state index contributed by atoms with van der Waals surface area (Å²) in [5.74, 6) is 1.82. The molecule has 2 aromatic rings. The molecule has 0 aromatic carbocycles. The van der Waals surface area contributed by atoms with Crippen molar-refractivity contribution in [3.8, 4) is 11.4 Å². The van der Waals surface area contributed by atoms with Gasteiger partial charge in [-0.3, -0.25) is 4.98 Å². The fourth-order valence-electron chi connectivity index (χ4n) is 1.69. The van der Waals surface area contributed by atoms with Gasteiger partial charge in [0.05, 0.1) is 0 Å². The molecule has 0 aliphatic carbocycles. The SMILES string of the molecule is CCc1cc(SCCN(C)C)nc(-c2ccncc2)n1. The molecule has 0 bridgehead atoms. The maximum absolute atomic E-state index is 4.65. The van der Waals surface area contributed by atoms with Gasteiger partial charge in [-0.1, -0.05) is 6.92 Å². The highest BCUT2D eigenvalue weighted by atomic mass is 32.2. The summed E-state index contributed by atoms with van der Waals surface area (Å²) in [4.78, 5) is 15.5. The van der Waals surface area contributed by atoms with Crippen molar-refractivity contribution < 1.29 is 0 Å². The first kappa shape index (κ1) is 14.9. The van der Waals surface area contributed by atoms with Crippen molar-refractivity contribution in [1.82, 2.24) is 19.9 Å². The number of thioether (sulfide) groups is 1. The summed E-state index contributed by atoms with van der Waals surface area (Å²) in [5, 5.41) is 1.05. The Morgan fingerprint density at radius 1 is 1.15 bits per heavy atom. The van der Waals surface area contributed by atoms with Crippen molar-refractivity contribution in [3.05, 3.63) is 36.3 Å². The van der Waals surface area contributed by atoms with Crippen molar-refractivity contribution in [3.63, 3.8) is 0 Å². The van der Waals surface area contributed by atoms with Crippen LogP contribution in [0.15, 0.2) is 35.6 Å². The summed E-state index contributed by atoms with van der Waals surface area (Å²) in [7, 11) is 4.17. The van der Waals surface area contributed by atoms with Gasteiger partial charge in [-0.25, -0.2) is 9.97 Å². The van der Waals surface area contributed by atoms with E-state index in [-0.39, 0.29) is 0 Å². The van der Waals surface area contributed by atoms with Crippen molar-refractivity contribution in [1.29, 1.82) is 0 Å². The number of hydrogen-bond acceptors (Lipinski definition) is 5. The predicted molar refractivity (Wildman–Crippen MR) is 83.9 cm³/mol. The first-order valence-corrected chi connectivity index (χ1v) is 7.73. The quantitative estimate of drug-likeness (QED) is 0.604. The minimum Gasteiger partial charge on any atom is -0.309 e. The van der Waals surface area contributed by atoms with E-state index in [4.69, 9.17) is 0 Å². The lowest BCUT2D eigenvalue weighted by Crippen LogP contribution is -2.14. The second-order valence-electron chi connectivity index (χ2n) is 4.76. The van der Waals surface area contributed by atoms with Crippen molar-refractivity contribution >= 4 is 11.8 Å². The molecule has 0 radical (unpaired) electrons. The van der Waals surface area contributed by atoms with Crippen LogP contribution < -0.4 is 0 Å². The Morgan fingerprint density at radius 2 is 1.90 bits per heavy atom. The van der Waals surface area contributed by atoms with Crippen LogP contribution in [-0.2, 0) is 6.42 Å². The fourth-order valence-corrected chi connectivity index (χ4v) is 2.73. The molecule has 0 amide bonds. The van der Waals surface area contributed by atoms with Gasteiger partial charge in [-0.05, 0) is 38.7 Å². The second kappa shape index (κ2) is 7.36. The molecule has 2 aromatic heterocycles. The minimum atomic E-state index is 0.791. The molecule has 0 saturated carbocycles. The molecular weight excluding hydrogens is 268 g/mol. The number of aromatic nitrogens is 3. The van der Waals surface area contributed by atoms with Crippen LogP contribution >= 0.6 is 11.8 Å². The molecule has 0 aliphatic heterocycles. The molecule has 106 valence electrons. The summed E-state index contributed by atoms with van der Waals surface area (Å²) in [6, 6.07) is 5.98. The maximum atomic E-state index is 4.65. The Hall–Kier alpha value is -1.46. The average molecular weight is 288 g/mol. The van der Waals surface area contributed by atoms with Crippen LogP contribution in [0.3, 0.4) is 0 Å². The average Bonchev–Trinajstić information content (AvgIpc) is 2.47. The molecule has 4 nitrogen and oxygen atoms in total. The van der Waals surface area contributed by atoms with Gasteiger partial charge in [-0.15, -0.1) is 11.8 Å². The highest BCUT2D eigenvalue weighted by molar-refractivity contribution is 7.99. The number of pyridine rings is 1. The van der Waals surface area contributed by atoms with Crippen LogP contribution in [0.5, 0.6) is 0 Å². The van der Waals surface area contributed by atoms with Crippen LogP contribution in [0.1, 0.15) is 12.6 Å². The zero-order valence-corrected chi connectivity index (χ0v) is 13.0. The summed E-state index contributed by atoms with van der Waals surface area (Å²) in [6.45, 7) is 3.16. The van der Waals surface area contributed by atoms with E-state index in [2.05, 4.69) is 46.9 Å². The highest BCUT2D eigenvalue weighted by Gasteiger charge is 2.06. The first-order valence-electron chi connectivity index (χ1n) is 6.75. The molecule has 5 heteroatoms. The van der Waals surface area contributed by atoms with E-state index in [0.29, 0.717) is 0 Å². The highest BCUT2D eigenvalue weighted by Crippen LogP contribution is 2.21. The zero-order valence-electron chi connectivity index (χ0n) is 12.2. The summed E-state index contributed by atoms with van der Waals surface area (Å²) < 4.78 is 0. The maximum Gasteiger partial charge on any atom is 0.160 e. The smallest absolute Gasteiger partial charge is 0.160 e. The van der Waals surface area contributed by atoms with Crippen molar-refractivity contribution in [2.45, 2.75) is 18.4 Å². The molecule has 0 aliphatic rings. The fraction of sp³-hybridized carbons (Fsp3) is 0.400. The van der Waals surface area contributed by atoms with Gasteiger partial charge in [0.15, 0.2) is 5.82 Å². The predicted octanol–water partition coefficient (Wildman–Crippen LogP) is 2.75. The van der Waals surface area contributed by atoms with E-state index in [0.717, 1.165) is 40.8 Å². The van der Waals surface area contributed by atoms with Crippen molar-refractivity contribution in [2.24, 2.45) is 0 Å². The van der Waals surface area contributed by atoms with Crippen LogP contribution in [0.4, 0.5) is 0 Å². The standard InChI is InChI=1S/C15H20N4S/c1-4-13-11-14(20-10-9-19(2)3)18-15(17-13)12-5-7-16-8-6-12/h5-8,11H,4,9-10H2,1-3H3. The summed E-state index contributed by atoms with van der Waals surface area (Å²) >= 11 is 1.78. The van der Waals surface area contributed by atoms with Gasteiger partial charge >= 0.3 is 0 Å². The second-order valence-corrected chi connectivity index (χ2v) is 5.88. The van der Waals surface area contributed by atoms with E-state index in [1.54, 1.807) is 24.2 Å². The molecule has 0 saturated heterocycles. The monoisotopic (exact) mass is 288 g/mol. The normalized spacial score (nSPS) is 11.0. The molecule has 20 heavy (non-hydrogen) atoms. The topological polar surface area (TPSA) is 41.9 Å². The lowest BCUT2D eigenvalue weighted by Gasteiger charge is -2.10. The zero-order chi connectivity index (χ0) is 14.4. The van der Waals surface area contributed by atoms with Crippen LogP contribution in [0.25, 0.3) is 11.4 Å². The number of nitrogens with zero attached hydrogens (tertiary/aromatic N) is 4. The lowest BCUT2D eigenvalue weighted by molar-refractivity contribution is 0.437. The largest absolute Gasteiger partial charge is 0.309 e. The first-order chi connectivity index (χ1) is 9.69. The number of aryl methyl sites for hydroxylation is 1. The van der Waals surface area contributed by atoms with E-state index in [1.807, 2.05) is 12.1 Å². The third-order valence-electron chi connectivity index (χ3n) is 2.84. The Bertz CT molecular complexity index is 543. The van der Waals surface area contributed by atoms with E-state index >= 15 is 0 Å². The Balaban J connectivity index is 2.20. The molecule has 0 unspecified atom stereocenters. The molecule has 2 heterocycles. The molecule has 0 N–H and O–H groups in total. The van der Waals surface area contributed by atoms with Crippen LogP contribution in [0.2, 0.25) is 0 Å². The van der Waals surface area contributed by atoms with E-state index in [1.165, 1.54) is 0 Å². The third-order valence-corrected chi connectivity index (χ3v) is 3.74. The van der Waals surface area contributed by atoms with Gasteiger partial charge in [0.2, 0.25) is 0 Å². The molecular formula is C15H20N4S. The Labute approximate surface area is 124 Å². The Morgan fingerprint density at radius 3 is 2.55 bits per heavy atom. The van der Waals surface area contributed by atoms with E-state index in [9.17, 15) is 0 Å². The summed E-state index contributed by atoms with van der Waals surface area (Å²) in [6.07, 6.45) is 4.47. The minimum absolute atomic E-state index is 0.791. The Kier molecular flexibility index (Phi) is 5.49. The van der Waals surface area contributed by atoms with Gasteiger partial charge in [0, 0.05) is 35.9 Å². The lowest BCUT2D eigenvalue weighted by atomic mass is 10.2. The molecule has 2 rings (SSSR count). The molecule has 0 atom stereocenters. The van der Waals surface area contributed by atoms with Gasteiger partial charge < -0.3 is 4.90 Å². The summed E-state index contributed by atoms with van der Waals surface area (Å²) in [5.41, 5.74) is 2.10. The van der Waals surface area contributed by atoms with Gasteiger partial charge in [0.1, 0.15) is 5.03 Å². The van der Waals surface area contributed by atoms with Gasteiger partial charge in [-0.2, -0.15) is 0 Å². The van der Waals surface area contributed by atoms with Gasteiger partial charge in [0.25, 0.3) is 0 Å². The van der Waals surface area contributed by atoms with Crippen LogP contribution in [-0.4, -0.2) is 46.2 Å². The van der Waals surface area contributed by atoms with Crippen molar-refractivity contribution in [2.75, 3.05) is 26.4 Å². The molecule has 0 fully saturated rings. The molecule has 0 spiro atoms. The van der Waals surface area contributed by atoms with Crippen LogP contribution in [0, 0.1) is 0 Å². The number of rotatable bonds is 6.